The SMILES string of the molecule is COC1Cc2sc(Cc3ccccc3)cc2C2(CCN(Cc3ccccc3)CC2)O1. The molecule has 4 heteroatoms. The molecule has 2 aromatic carbocycles. The summed E-state index contributed by atoms with van der Waals surface area (Å²) in [5.41, 5.74) is 3.97. The molecule has 0 N–H and O–H groups in total. The molecule has 0 aliphatic carbocycles. The summed E-state index contributed by atoms with van der Waals surface area (Å²) in [5.74, 6) is 0. The van der Waals surface area contributed by atoms with E-state index in [0.29, 0.717) is 0 Å². The number of benzene rings is 2. The molecule has 3 heterocycles. The molecule has 1 aromatic heterocycles. The predicted octanol–water partition coefficient (Wildman–Crippen LogP) is 5.38. The molecule has 0 saturated carbocycles. The molecule has 3 aromatic rings. The molecule has 1 spiro atoms. The van der Waals surface area contributed by atoms with E-state index in [1.165, 1.54) is 26.4 Å². The van der Waals surface area contributed by atoms with Gasteiger partial charge >= 0.3 is 0 Å². The summed E-state index contributed by atoms with van der Waals surface area (Å²) in [4.78, 5) is 5.44. The van der Waals surface area contributed by atoms with Crippen molar-refractivity contribution in [3.63, 3.8) is 0 Å². The zero-order valence-corrected chi connectivity index (χ0v) is 18.4. The van der Waals surface area contributed by atoms with Gasteiger partial charge < -0.3 is 9.47 Å². The molecule has 0 amide bonds. The molecule has 30 heavy (non-hydrogen) atoms. The van der Waals surface area contributed by atoms with E-state index in [2.05, 4.69) is 71.6 Å². The zero-order valence-electron chi connectivity index (χ0n) is 17.5. The average molecular weight is 420 g/mol. The highest BCUT2D eigenvalue weighted by Gasteiger charge is 2.45. The highest BCUT2D eigenvalue weighted by molar-refractivity contribution is 7.12. The Morgan fingerprint density at radius 1 is 1.00 bits per heavy atom. The van der Waals surface area contributed by atoms with Gasteiger partial charge in [0, 0.05) is 49.3 Å². The summed E-state index contributed by atoms with van der Waals surface area (Å²) in [7, 11) is 1.77. The predicted molar refractivity (Wildman–Crippen MR) is 122 cm³/mol. The number of nitrogens with zero attached hydrogens (tertiary/aromatic N) is 1. The standard InChI is InChI=1S/C26H29NO2S/c1-28-25-18-24-23(17-22(30-24)16-20-8-4-2-5-9-20)26(29-25)12-14-27(15-13-26)19-21-10-6-3-7-11-21/h2-11,17,25H,12-16,18-19H2,1H3. The fraction of sp³-hybridized carbons (Fsp3) is 0.385. The van der Waals surface area contributed by atoms with Crippen LogP contribution < -0.4 is 0 Å². The van der Waals surface area contributed by atoms with E-state index in [1.54, 1.807) is 7.11 Å². The van der Waals surface area contributed by atoms with E-state index in [4.69, 9.17) is 9.47 Å². The second-order valence-corrected chi connectivity index (χ2v) is 9.68. The molecule has 1 fully saturated rings. The third-order valence-corrected chi connectivity index (χ3v) is 7.61. The van der Waals surface area contributed by atoms with Crippen LogP contribution in [0.3, 0.4) is 0 Å². The Morgan fingerprint density at radius 2 is 1.67 bits per heavy atom. The second kappa shape index (κ2) is 8.64. The van der Waals surface area contributed by atoms with Gasteiger partial charge in [0.05, 0.1) is 5.60 Å². The maximum atomic E-state index is 6.61. The highest BCUT2D eigenvalue weighted by atomic mass is 32.1. The van der Waals surface area contributed by atoms with Gasteiger partial charge in [-0.2, -0.15) is 0 Å². The van der Waals surface area contributed by atoms with Gasteiger partial charge in [0.15, 0.2) is 6.29 Å². The number of thiophene rings is 1. The van der Waals surface area contributed by atoms with Crippen LogP contribution in [0.5, 0.6) is 0 Å². The Morgan fingerprint density at radius 3 is 2.33 bits per heavy atom. The fourth-order valence-electron chi connectivity index (χ4n) is 4.85. The van der Waals surface area contributed by atoms with E-state index in [9.17, 15) is 0 Å². The molecule has 2 aliphatic rings. The van der Waals surface area contributed by atoms with Gasteiger partial charge in [-0.3, -0.25) is 4.90 Å². The number of methoxy groups -OCH3 is 1. The van der Waals surface area contributed by atoms with E-state index in [0.717, 1.165) is 45.3 Å². The molecule has 3 nitrogen and oxygen atoms in total. The first kappa shape index (κ1) is 20.0. The quantitative estimate of drug-likeness (QED) is 0.555. The normalized spacial score (nSPS) is 20.9. The summed E-state index contributed by atoms with van der Waals surface area (Å²) in [6, 6.07) is 23.9. The van der Waals surface area contributed by atoms with Gasteiger partial charge in [0.2, 0.25) is 0 Å². The number of hydrogen-bond donors (Lipinski definition) is 0. The Balaban J connectivity index is 1.35. The van der Waals surface area contributed by atoms with Crippen LogP contribution in [0.4, 0.5) is 0 Å². The summed E-state index contributed by atoms with van der Waals surface area (Å²) in [6.45, 7) is 3.11. The lowest BCUT2D eigenvalue weighted by Crippen LogP contribution is -2.48. The Labute approximate surface area is 183 Å². The lowest BCUT2D eigenvalue weighted by Gasteiger charge is -2.46. The Bertz CT molecular complexity index is 961. The van der Waals surface area contributed by atoms with Crippen molar-refractivity contribution in [2.45, 2.75) is 44.1 Å². The number of rotatable bonds is 5. The third-order valence-electron chi connectivity index (χ3n) is 6.46. The lowest BCUT2D eigenvalue weighted by atomic mass is 9.81. The number of fused-ring (bicyclic) bond motifs is 2. The van der Waals surface area contributed by atoms with Crippen LogP contribution in [0.2, 0.25) is 0 Å². The first-order valence-electron chi connectivity index (χ1n) is 10.9. The Hall–Kier alpha value is -1.98. The summed E-state index contributed by atoms with van der Waals surface area (Å²) in [6.07, 6.45) is 3.76. The summed E-state index contributed by atoms with van der Waals surface area (Å²) >= 11 is 1.95. The van der Waals surface area contributed by atoms with Crippen molar-refractivity contribution in [3.05, 3.63) is 93.2 Å². The van der Waals surface area contributed by atoms with Crippen molar-refractivity contribution in [3.8, 4) is 0 Å². The van der Waals surface area contributed by atoms with Crippen molar-refractivity contribution in [1.82, 2.24) is 4.90 Å². The van der Waals surface area contributed by atoms with Gasteiger partial charge in [-0.05, 0) is 35.6 Å². The summed E-state index contributed by atoms with van der Waals surface area (Å²) in [5, 5.41) is 0. The van der Waals surface area contributed by atoms with Crippen molar-refractivity contribution >= 4 is 11.3 Å². The molecule has 1 unspecified atom stereocenters. The van der Waals surface area contributed by atoms with Crippen molar-refractivity contribution in [1.29, 1.82) is 0 Å². The van der Waals surface area contributed by atoms with E-state index in [-0.39, 0.29) is 11.9 Å². The molecule has 156 valence electrons. The number of hydrogen-bond acceptors (Lipinski definition) is 4. The zero-order chi connectivity index (χ0) is 20.4. The molecule has 0 bridgehead atoms. The fourth-order valence-corrected chi connectivity index (χ4v) is 6.15. The van der Waals surface area contributed by atoms with Gasteiger partial charge in [0.25, 0.3) is 0 Å². The van der Waals surface area contributed by atoms with Gasteiger partial charge in [0.1, 0.15) is 0 Å². The smallest absolute Gasteiger partial charge is 0.163 e. The minimum Gasteiger partial charge on any atom is -0.355 e. The molecular weight excluding hydrogens is 390 g/mol. The van der Waals surface area contributed by atoms with E-state index in [1.807, 2.05) is 11.3 Å². The molecule has 5 rings (SSSR count). The van der Waals surface area contributed by atoms with Gasteiger partial charge in [-0.25, -0.2) is 0 Å². The van der Waals surface area contributed by atoms with Crippen LogP contribution in [-0.2, 0) is 34.5 Å². The lowest BCUT2D eigenvalue weighted by molar-refractivity contribution is -0.226. The van der Waals surface area contributed by atoms with Crippen LogP contribution in [0.25, 0.3) is 0 Å². The highest BCUT2D eigenvalue weighted by Crippen LogP contribution is 2.46. The first-order chi connectivity index (χ1) is 14.7. The minimum atomic E-state index is -0.202. The second-order valence-electron chi connectivity index (χ2n) is 8.46. The monoisotopic (exact) mass is 419 g/mol. The van der Waals surface area contributed by atoms with Crippen LogP contribution in [0, 0.1) is 0 Å². The molecule has 1 atom stereocenters. The topological polar surface area (TPSA) is 21.7 Å². The van der Waals surface area contributed by atoms with Crippen molar-refractivity contribution in [2.75, 3.05) is 20.2 Å². The number of ether oxygens (including phenoxy) is 2. The first-order valence-corrected chi connectivity index (χ1v) is 11.7. The average Bonchev–Trinajstić information content (AvgIpc) is 3.20. The number of likely N-dealkylation sites (tertiary alicyclic amines) is 1. The molecule has 2 aliphatic heterocycles. The van der Waals surface area contributed by atoms with Crippen LogP contribution in [0.15, 0.2) is 66.7 Å². The molecule has 0 radical (unpaired) electrons. The van der Waals surface area contributed by atoms with Crippen LogP contribution in [0.1, 0.15) is 39.3 Å². The maximum Gasteiger partial charge on any atom is 0.163 e. The minimum absolute atomic E-state index is 0.138. The largest absolute Gasteiger partial charge is 0.355 e. The van der Waals surface area contributed by atoms with Crippen LogP contribution >= 0.6 is 11.3 Å². The molecule has 1 saturated heterocycles. The number of piperidine rings is 1. The van der Waals surface area contributed by atoms with Crippen molar-refractivity contribution in [2.24, 2.45) is 0 Å². The molecular formula is C26H29NO2S. The summed E-state index contributed by atoms with van der Waals surface area (Å²) < 4.78 is 12.3. The maximum absolute atomic E-state index is 6.61. The third kappa shape index (κ3) is 4.10. The van der Waals surface area contributed by atoms with E-state index < -0.39 is 0 Å². The van der Waals surface area contributed by atoms with Crippen molar-refractivity contribution < 1.29 is 9.47 Å². The van der Waals surface area contributed by atoms with Gasteiger partial charge in [-0.15, -0.1) is 11.3 Å². The van der Waals surface area contributed by atoms with Gasteiger partial charge in [-0.1, -0.05) is 60.7 Å². The van der Waals surface area contributed by atoms with E-state index >= 15 is 0 Å². The van der Waals surface area contributed by atoms with Crippen LogP contribution in [-0.4, -0.2) is 31.4 Å². The Kier molecular flexibility index (Phi) is 5.74.